The smallest absolute Gasteiger partial charge is 0.167 e. The van der Waals surface area contributed by atoms with E-state index >= 15 is 0 Å². The highest BCUT2D eigenvalue weighted by Crippen LogP contribution is 2.28. The summed E-state index contributed by atoms with van der Waals surface area (Å²) in [6.07, 6.45) is 0.747. The maximum absolute atomic E-state index is 14.3. The molecule has 9 heteroatoms. The molecule has 3 aromatic rings. The predicted octanol–water partition coefficient (Wildman–Crippen LogP) is 2.00. The van der Waals surface area contributed by atoms with Gasteiger partial charge in [-0.2, -0.15) is 10.2 Å². The lowest BCUT2D eigenvalue weighted by molar-refractivity contribution is 0.193. The zero-order valence-corrected chi connectivity index (χ0v) is 15.6. The molecule has 1 atom stereocenters. The van der Waals surface area contributed by atoms with Crippen LogP contribution < -0.4 is 4.74 Å². The Morgan fingerprint density at radius 1 is 1.25 bits per heavy atom. The summed E-state index contributed by atoms with van der Waals surface area (Å²) in [5.74, 6) is -1.45. The van der Waals surface area contributed by atoms with Crippen molar-refractivity contribution in [3.05, 3.63) is 64.7 Å². The van der Waals surface area contributed by atoms with E-state index in [1.54, 1.807) is 24.0 Å². The maximum atomic E-state index is 14.3. The summed E-state index contributed by atoms with van der Waals surface area (Å²) in [6.45, 7) is 1.93. The van der Waals surface area contributed by atoms with Gasteiger partial charge in [0.05, 0.1) is 30.7 Å². The Kier molecular flexibility index (Phi) is 4.86. The number of aliphatic hydroxyl groups is 1. The van der Waals surface area contributed by atoms with Crippen LogP contribution in [0.4, 0.5) is 8.78 Å². The van der Waals surface area contributed by atoms with Crippen LogP contribution >= 0.6 is 0 Å². The molecule has 4 rings (SSSR count). The van der Waals surface area contributed by atoms with Crippen molar-refractivity contribution >= 4 is 0 Å². The van der Waals surface area contributed by atoms with Crippen molar-refractivity contribution in [3.8, 4) is 5.75 Å². The third-order valence-electron chi connectivity index (χ3n) is 5.07. The molecule has 1 aromatic carbocycles. The van der Waals surface area contributed by atoms with Gasteiger partial charge in [0.1, 0.15) is 11.9 Å². The summed E-state index contributed by atoms with van der Waals surface area (Å²) in [4.78, 5) is 2.00. The largest absolute Gasteiger partial charge is 0.496 e. The van der Waals surface area contributed by atoms with Crippen LogP contribution in [-0.2, 0) is 26.7 Å². The molecule has 3 heterocycles. The number of nitrogens with zero attached hydrogens (tertiary/aromatic N) is 5. The molecule has 1 N–H and O–H groups in total. The average molecular weight is 389 g/mol. The van der Waals surface area contributed by atoms with Crippen LogP contribution in [-0.4, -0.2) is 43.2 Å². The highest BCUT2D eigenvalue weighted by Gasteiger charge is 2.25. The summed E-state index contributed by atoms with van der Waals surface area (Å²) in [5.41, 5.74) is 2.29. The van der Waals surface area contributed by atoms with Gasteiger partial charge in [-0.05, 0) is 24.3 Å². The van der Waals surface area contributed by atoms with Crippen molar-refractivity contribution in [3.63, 3.8) is 0 Å². The molecule has 0 radical (unpaired) electrons. The van der Waals surface area contributed by atoms with Crippen LogP contribution in [0.5, 0.6) is 5.75 Å². The first-order chi connectivity index (χ1) is 13.5. The van der Waals surface area contributed by atoms with Gasteiger partial charge in [-0.3, -0.25) is 14.3 Å². The number of hydrogen-bond donors (Lipinski definition) is 1. The Morgan fingerprint density at radius 3 is 2.79 bits per heavy atom. The number of halogens is 2. The molecule has 1 unspecified atom stereocenters. The Balaban J connectivity index is 1.54. The molecule has 1 aliphatic heterocycles. The lowest BCUT2D eigenvalue weighted by Gasteiger charge is -2.28. The molecule has 148 valence electrons. The fraction of sp³-hybridized carbons (Fsp3) is 0.368. The monoisotopic (exact) mass is 389 g/mol. The molecule has 0 aliphatic carbocycles. The van der Waals surface area contributed by atoms with Gasteiger partial charge < -0.3 is 9.84 Å². The first kappa shape index (κ1) is 18.6. The third-order valence-corrected chi connectivity index (χ3v) is 5.07. The number of rotatable bonds is 5. The van der Waals surface area contributed by atoms with E-state index < -0.39 is 17.7 Å². The number of aryl methyl sites for hydroxylation is 1. The number of aromatic nitrogens is 4. The van der Waals surface area contributed by atoms with Gasteiger partial charge in [0.2, 0.25) is 0 Å². The molecule has 1 aliphatic rings. The Labute approximate surface area is 160 Å². The van der Waals surface area contributed by atoms with Crippen molar-refractivity contribution in [2.45, 2.75) is 25.7 Å². The Morgan fingerprint density at radius 2 is 2.07 bits per heavy atom. The van der Waals surface area contributed by atoms with Crippen LogP contribution in [0.3, 0.4) is 0 Å². The molecule has 0 fully saturated rings. The number of ether oxygens (including phenoxy) is 1. The molecule has 28 heavy (non-hydrogen) atoms. The minimum Gasteiger partial charge on any atom is -0.496 e. The summed E-state index contributed by atoms with van der Waals surface area (Å²) in [6, 6.07) is 6.08. The van der Waals surface area contributed by atoms with E-state index in [1.807, 2.05) is 15.6 Å². The van der Waals surface area contributed by atoms with Crippen molar-refractivity contribution in [2.24, 2.45) is 7.05 Å². The van der Waals surface area contributed by atoms with Crippen LogP contribution in [0, 0.1) is 11.6 Å². The van der Waals surface area contributed by atoms with E-state index in [0.29, 0.717) is 36.8 Å². The van der Waals surface area contributed by atoms with Crippen molar-refractivity contribution < 1.29 is 18.6 Å². The molecule has 0 amide bonds. The van der Waals surface area contributed by atoms with E-state index in [2.05, 4.69) is 10.2 Å². The molecule has 0 bridgehead atoms. The first-order valence-electron chi connectivity index (χ1n) is 8.93. The molecule has 0 spiro atoms. The van der Waals surface area contributed by atoms with Gasteiger partial charge in [-0.1, -0.05) is 0 Å². The van der Waals surface area contributed by atoms with Gasteiger partial charge in [-0.15, -0.1) is 0 Å². The molecular weight excluding hydrogens is 368 g/mol. The molecular formula is C19H21F2N5O2. The topological polar surface area (TPSA) is 68.3 Å². The summed E-state index contributed by atoms with van der Waals surface area (Å²) in [5, 5.41) is 19.2. The number of benzene rings is 1. The Hall–Kier alpha value is -2.78. The normalized spacial score (nSPS) is 15.5. The Bertz CT molecular complexity index is 1000. The van der Waals surface area contributed by atoms with E-state index in [1.165, 1.54) is 13.2 Å². The SMILES string of the molecule is COc1ccc(F)c(F)c1CN1CCn2nc(C(O)c3ccnn3C)cc2C1. The lowest BCUT2D eigenvalue weighted by atomic mass is 10.1. The van der Waals surface area contributed by atoms with Crippen molar-refractivity contribution in [1.82, 2.24) is 24.5 Å². The minimum absolute atomic E-state index is 0.200. The van der Waals surface area contributed by atoms with Gasteiger partial charge in [-0.25, -0.2) is 8.78 Å². The van der Waals surface area contributed by atoms with Crippen molar-refractivity contribution in [2.75, 3.05) is 13.7 Å². The molecule has 7 nitrogen and oxygen atoms in total. The van der Waals surface area contributed by atoms with Crippen LogP contribution in [0.15, 0.2) is 30.5 Å². The number of methoxy groups -OCH3 is 1. The predicted molar refractivity (Wildman–Crippen MR) is 96.5 cm³/mol. The van der Waals surface area contributed by atoms with Gasteiger partial charge in [0, 0.05) is 38.4 Å². The highest BCUT2D eigenvalue weighted by molar-refractivity contribution is 5.35. The van der Waals surface area contributed by atoms with Gasteiger partial charge >= 0.3 is 0 Å². The summed E-state index contributed by atoms with van der Waals surface area (Å²) in [7, 11) is 3.20. The first-order valence-corrected chi connectivity index (χ1v) is 8.93. The van der Waals surface area contributed by atoms with E-state index in [4.69, 9.17) is 4.74 Å². The average Bonchev–Trinajstić information content (AvgIpc) is 3.31. The highest BCUT2D eigenvalue weighted by atomic mass is 19.2. The van der Waals surface area contributed by atoms with Gasteiger partial charge in [0.25, 0.3) is 0 Å². The van der Waals surface area contributed by atoms with E-state index in [0.717, 1.165) is 11.8 Å². The second-order valence-corrected chi connectivity index (χ2v) is 6.82. The zero-order valence-electron chi connectivity index (χ0n) is 15.6. The summed E-state index contributed by atoms with van der Waals surface area (Å²) >= 11 is 0. The molecule has 2 aromatic heterocycles. The second-order valence-electron chi connectivity index (χ2n) is 6.82. The van der Waals surface area contributed by atoms with Gasteiger partial charge in [0.15, 0.2) is 11.6 Å². The lowest BCUT2D eigenvalue weighted by Crippen LogP contribution is -2.33. The fourth-order valence-electron chi connectivity index (χ4n) is 3.55. The quantitative estimate of drug-likeness (QED) is 0.723. The van der Waals surface area contributed by atoms with E-state index in [9.17, 15) is 13.9 Å². The summed E-state index contributed by atoms with van der Waals surface area (Å²) < 4.78 is 36.5. The number of aliphatic hydroxyl groups excluding tert-OH is 1. The van der Waals surface area contributed by atoms with Crippen LogP contribution in [0.1, 0.15) is 28.7 Å². The minimum atomic E-state index is -0.889. The third kappa shape index (κ3) is 3.27. The number of fused-ring (bicyclic) bond motifs is 1. The second kappa shape index (κ2) is 7.33. The van der Waals surface area contributed by atoms with Crippen LogP contribution in [0.2, 0.25) is 0 Å². The standard InChI is InChI=1S/C19H21F2N5O2/c1-24-16(5-6-22-24)19(27)15-9-12-10-25(7-8-26(12)23-15)11-13-17(28-2)4-3-14(20)18(13)21/h3-6,9,19,27H,7-8,10-11H2,1-2H3. The molecule has 0 saturated heterocycles. The van der Waals surface area contributed by atoms with Crippen molar-refractivity contribution in [1.29, 1.82) is 0 Å². The van der Waals surface area contributed by atoms with E-state index in [-0.39, 0.29) is 12.1 Å². The molecule has 0 saturated carbocycles. The zero-order chi connectivity index (χ0) is 19.8. The van der Waals surface area contributed by atoms with Crippen LogP contribution in [0.25, 0.3) is 0 Å². The number of hydrogen-bond acceptors (Lipinski definition) is 5. The maximum Gasteiger partial charge on any atom is 0.167 e. The fourth-order valence-corrected chi connectivity index (χ4v) is 3.55.